The van der Waals surface area contributed by atoms with Crippen LogP contribution in [0.2, 0.25) is 0 Å². The predicted molar refractivity (Wildman–Crippen MR) is 100 cm³/mol. The minimum Gasteiger partial charge on any atom is -0.492 e. The molecule has 25 heavy (non-hydrogen) atoms. The van der Waals surface area contributed by atoms with E-state index in [1.54, 1.807) is 0 Å². The molecule has 0 aliphatic carbocycles. The Labute approximate surface area is 147 Å². The van der Waals surface area contributed by atoms with E-state index >= 15 is 0 Å². The van der Waals surface area contributed by atoms with Crippen LogP contribution in [-0.4, -0.2) is 24.0 Å². The number of ether oxygens (including phenoxy) is 1. The largest absolute Gasteiger partial charge is 0.492 e. The summed E-state index contributed by atoms with van der Waals surface area (Å²) in [6.45, 7) is 6.80. The van der Waals surface area contributed by atoms with Crippen LogP contribution < -0.4 is 10.1 Å². The Hall–Kier alpha value is -2.88. The Morgan fingerprint density at radius 2 is 1.84 bits per heavy atom. The van der Waals surface area contributed by atoms with Gasteiger partial charge in [-0.1, -0.05) is 23.8 Å². The number of rotatable bonds is 5. The molecule has 0 unspecified atom stereocenters. The molecule has 3 rings (SSSR count). The number of hydrogen-bond donors (Lipinski definition) is 1. The molecule has 0 saturated carbocycles. The summed E-state index contributed by atoms with van der Waals surface area (Å²) < 4.78 is 5.68. The number of aromatic nitrogens is 1. The molecule has 3 aromatic rings. The third-order valence-electron chi connectivity index (χ3n) is 3.98. The van der Waals surface area contributed by atoms with Gasteiger partial charge in [-0.15, -0.1) is 0 Å². The van der Waals surface area contributed by atoms with Gasteiger partial charge in [0.05, 0.1) is 17.6 Å². The Balaban J connectivity index is 1.67. The lowest BCUT2D eigenvalue weighted by atomic mass is 10.0. The number of nitrogens with zero attached hydrogens (tertiary/aromatic N) is 1. The molecule has 0 aliphatic rings. The first-order chi connectivity index (χ1) is 12.0. The maximum atomic E-state index is 12.6. The summed E-state index contributed by atoms with van der Waals surface area (Å²) in [5, 5.41) is 3.81. The molecule has 4 nitrogen and oxygen atoms in total. The monoisotopic (exact) mass is 334 g/mol. The summed E-state index contributed by atoms with van der Waals surface area (Å²) in [4.78, 5) is 17.1. The van der Waals surface area contributed by atoms with E-state index in [0.717, 1.165) is 33.5 Å². The van der Waals surface area contributed by atoms with Crippen molar-refractivity contribution in [1.82, 2.24) is 10.3 Å². The van der Waals surface area contributed by atoms with Crippen molar-refractivity contribution in [3.05, 3.63) is 70.9 Å². The van der Waals surface area contributed by atoms with E-state index < -0.39 is 0 Å². The SMILES string of the molecule is Cc1cccc(OCCNC(=O)c2cc(C)nc3ccc(C)cc23)c1. The quantitative estimate of drug-likeness (QED) is 0.718. The number of carbonyl (C=O) groups is 1. The highest BCUT2D eigenvalue weighted by Gasteiger charge is 2.12. The molecule has 4 heteroatoms. The van der Waals surface area contributed by atoms with Crippen molar-refractivity contribution < 1.29 is 9.53 Å². The normalized spacial score (nSPS) is 10.7. The van der Waals surface area contributed by atoms with Crippen molar-refractivity contribution in [2.75, 3.05) is 13.2 Å². The topological polar surface area (TPSA) is 51.2 Å². The Morgan fingerprint density at radius 3 is 2.64 bits per heavy atom. The van der Waals surface area contributed by atoms with Gasteiger partial charge >= 0.3 is 0 Å². The zero-order valence-electron chi connectivity index (χ0n) is 14.8. The molecule has 0 spiro atoms. The van der Waals surface area contributed by atoms with Crippen LogP contribution in [-0.2, 0) is 0 Å². The van der Waals surface area contributed by atoms with Crippen LogP contribution in [0.15, 0.2) is 48.5 Å². The third-order valence-corrected chi connectivity index (χ3v) is 3.98. The van der Waals surface area contributed by atoms with Gasteiger partial charge in [0.2, 0.25) is 0 Å². The molecule has 1 amide bonds. The highest BCUT2D eigenvalue weighted by molar-refractivity contribution is 6.06. The van der Waals surface area contributed by atoms with Gasteiger partial charge in [-0.2, -0.15) is 0 Å². The van der Waals surface area contributed by atoms with Gasteiger partial charge in [-0.05, 0) is 56.7 Å². The number of hydrogen-bond acceptors (Lipinski definition) is 3. The molecule has 0 bridgehead atoms. The molecule has 0 aliphatic heterocycles. The van der Waals surface area contributed by atoms with E-state index in [4.69, 9.17) is 4.74 Å². The van der Waals surface area contributed by atoms with Crippen LogP contribution in [0, 0.1) is 20.8 Å². The molecule has 0 atom stereocenters. The van der Waals surface area contributed by atoms with Gasteiger partial charge in [0.25, 0.3) is 5.91 Å². The van der Waals surface area contributed by atoms with Crippen LogP contribution in [0.5, 0.6) is 5.75 Å². The van der Waals surface area contributed by atoms with Crippen molar-refractivity contribution in [2.24, 2.45) is 0 Å². The second-order valence-corrected chi connectivity index (χ2v) is 6.25. The van der Waals surface area contributed by atoms with Gasteiger partial charge in [-0.3, -0.25) is 9.78 Å². The van der Waals surface area contributed by atoms with Crippen molar-refractivity contribution in [3.63, 3.8) is 0 Å². The molecular weight excluding hydrogens is 312 g/mol. The van der Waals surface area contributed by atoms with Gasteiger partial charge < -0.3 is 10.1 Å². The molecule has 1 heterocycles. The first-order valence-electron chi connectivity index (χ1n) is 8.38. The highest BCUT2D eigenvalue weighted by Crippen LogP contribution is 2.20. The molecule has 1 N–H and O–H groups in total. The summed E-state index contributed by atoms with van der Waals surface area (Å²) in [5.41, 5.74) is 4.58. The van der Waals surface area contributed by atoms with E-state index in [0.29, 0.717) is 18.7 Å². The van der Waals surface area contributed by atoms with Gasteiger partial charge in [0.15, 0.2) is 0 Å². The number of fused-ring (bicyclic) bond motifs is 1. The summed E-state index contributed by atoms with van der Waals surface area (Å²) in [6.07, 6.45) is 0. The molecule has 0 radical (unpaired) electrons. The highest BCUT2D eigenvalue weighted by atomic mass is 16.5. The molecule has 0 fully saturated rings. The van der Waals surface area contributed by atoms with E-state index in [1.807, 2.05) is 69.3 Å². The maximum Gasteiger partial charge on any atom is 0.252 e. The fraction of sp³-hybridized carbons (Fsp3) is 0.238. The second kappa shape index (κ2) is 7.34. The number of nitrogens with one attached hydrogen (secondary N) is 1. The average molecular weight is 334 g/mol. The van der Waals surface area contributed by atoms with E-state index in [9.17, 15) is 4.79 Å². The predicted octanol–water partition coefficient (Wildman–Crippen LogP) is 3.97. The first kappa shape index (κ1) is 17.0. The summed E-state index contributed by atoms with van der Waals surface area (Å²) in [6, 6.07) is 15.7. The lowest BCUT2D eigenvalue weighted by Gasteiger charge is -2.11. The minimum absolute atomic E-state index is 0.103. The molecular formula is C21H22N2O2. The molecule has 1 aromatic heterocycles. The van der Waals surface area contributed by atoms with Crippen molar-refractivity contribution >= 4 is 16.8 Å². The van der Waals surface area contributed by atoms with Crippen LogP contribution in [0.25, 0.3) is 10.9 Å². The lowest BCUT2D eigenvalue weighted by Crippen LogP contribution is -2.28. The molecule has 128 valence electrons. The molecule has 0 saturated heterocycles. The van der Waals surface area contributed by atoms with Crippen molar-refractivity contribution in [3.8, 4) is 5.75 Å². The number of amides is 1. The standard InChI is InChI=1S/C21H22N2O2/c1-14-5-4-6-17(11-14)25-10-9-22-21(24)19-13-16(3)23-20-8-7-15(2)12-18(19)20/h4-8,11-13H,9-10H2,1-3H3,(H,22,24). The minimum atomic E-state index is -0.103. The average Bonchev–Trinajstić information content (AvgIpc) is 2.58. The number of aryl methyl sites for hydroxylation is 3. The fourth-order valence-electron chi connectivity index (χ4n) is 2.79. The van der Waals surface area contributed by atoms with Gasteiger partial charge in [0, 0.05) is 11.1 Å². The van der Waals surface area contributed by atoms with Crippen LogP contribution in [0.3, 0.4) is 0 Å². The second-order valence-electron chi connectivity index (χ2n) is 6.25. The zero-order valence-corrected chi connectivity index (χ0v) is 14.8. The summed E-state index contributed by atoms with van der Waals surface area (Å²) in [7, 11) is 0. The fourth-order valence-corrected chi connectivity index (χ4v) is 2.79. The zero-order chi connectivity index (χ0) is 17.8. The third kappa shape index (κ3) is 4.15. The molecule has 2 aromatic carbocycles. The van der Waals surface area contributed by atoms with Crippen LogP contribution >= 0.6 is 0 Å². The summed E-state index contributed by atoms with van der Waals surface area (Å²) >= 11 is 0. The summed E-state index contributed by atoms with van der Waals surface area (Å²) in [5.74, 6) is 0.712. The maximum absolute atomic E-state index is 12.6. The van der Waals surface area contributed by atoms with Crippen molar-refractivity contribution in [1.29, 1.82) is 0 Å². The van der Waals surface area contributed by atoms with Crippen LogP contribution in [0.4, 0.5) is 0 Å². The van der Waals surface area contributed by atoms with E-state index in [2.05, 4.69) is 10.3 Å². The van der Waals surface area contributed by atoms with Crippen molar-refractivity contribution in [2.45, 2.75) is 20.8 Å². The Kier molecular flexibility index (Phi) is 4.98. The van der Waals surface area contributed by atoms with E-state index in [-0.39, 0.29) is 5.91 Å². The smallest absolute Gasteiger partial charge is 0.252 e. The van der Waals surface area contributed by atoms with E-state index in [1.165, 1.54) is 0 Å². The number of pyridine rings is 1. The Morgan fingerprint density at radius 1 is 1.04 bits per heavy atom. The lowest BCUT2D eigenvalue weighted by molar-refractivity contribution is 0.0948. The van der Waals surface area contributed by atoms with Gasteiger partial charge in [0.1, 0.15) is 12.4 Å². The van der Waals surface area contributed by atoms with Gasteiger partial charge in [-0.25, -0.2) is 0 Å². The number of carbonyl (C=O) groups excluding carboxylic acids is 1. The van der Waals surface area contributed by atoms with Crippen LogP contribution in [0.1, 0.15) is 27.2 Å². The first-order valence-corrected chi connectivity index (χ1v) is 8.38. The Bertz CT molecular complexity index is 919. The number of benzene rings is 2.